The molecule has 0 amide bonds. The summed E-state index contributed by atoms with van der Waals surface area (Å²) >= 11 is 0. The summed E-state index contributed by atoms with van der Waals surface area (Å²) in [6, 6.07) is 3.40. The fourth-order valence-electron chi connectivity index (χ4n) is 1.94. The van der Waals surface area contributed by atoms with E-state index in [0.29, 0.717) is 5.92 Å². The van der Waals surface area contributed by atoms with Gasteiger partial charge in [-0.1, -0.05) is 26.7 Å². The van der Waals surface area contributed by atoms with Crippen LogP contribution >= 0.6 is 0 Å². The summed E-state index contributed by atoms with van der Waals surface area (Å²) in [6.07, 6.45) is 3.73. The van der Waals surface area contributed by atoms with Crippen LogP contribution in [-0.2, 0) is 0 Å². The minimum absolute atomic E-state index is 0.234. The second-order valence-corrected chi connectivity index (χ2v) is 4.43. The highest BCUT2D eigenvalue weighted by Gasteiger charge is 2.12. The molecule has 1 heterocycles. The maximum atomic E-state index is 10.8. The Labute approximate surface area is 109 Å². The van der Waals surface area contributed by atoms with Crippen LogP contribution in [0.4, 0.5) is 5.82 Å². The largest absolute Gasteiger partial charge is 0.478 e. The molecule has 0 aliphatic carbocycles. The zero-order valence-electron chi connectivity index (χ0n) is 11.4. The average molecular weight is 250 g/mol. The number of nitrogens with zero attached hydrogens (tertiary/aromatic N) is 2. The molecule has 0 saturated heterocycles. The molecule has 0 atom stereocenters. The number of pyridine rings is 1. The van der Waals surface area contributed by atoms with Gasteiger partial charge in [0, 0.05) is 19.3 Å². The van der Waals surface area contributed by atoms with E-state index < -0.39 is 5.97 Å². The minimum Gasteiger partial charge on any atom is -0.478 e. The van der Waals surface area contributed by atoms with Crippen LogP contribution in [-0.4, -0.2) is 29.1 Å². The van der Waals surface area contributed by atoms with Crippen molar-refractivity contribution in [3.05, 3.63) is 23.9 Å². The maximum absolute atomic E-state index is 10.8. The molecule has 0 bridgehead atoms. The molecule has 1 aromatic heterocycles. The van der Waals surface area contributed by atoms with Gasteiger partial charge in [-0.25, -0.2) is 9.78 Å². The average Bonchev–Trinajstić information content (AvgIpc) is 2.40. The van der Waals surface area contributed by atoms with Gasteiger partial charge in [0.2, 0.25) is 0 Å². The van der Waals surface area contributed by atoms with Crippen molar-refractivity contribution in [2.24, 2.45) is 5.92 Å². The van der Waals surface area contributed by atoms with Gasteiger partial charge in [-0.3, -0.25) is 0 Å². The normalized spacial score (nSPS) is 10.7. The molecule has 0 radical (unpaired) electrons. The Morgan fingerprint density at radius 3 is 2.39 bits per heavy atom. The van der Waals surface area contributed by atoms with E-state index in [1.807, 2.05) is 0 Å². The molecule has 0 aromatic carbocycles. The summed E-state index contributed by atoms with van der Waals surface area (Å²) in [6.45, 7) is 8.35. The quantitative estimate of drug-likeness (QED) is 0.808. The van der Waals surface area contributed by atoms with Gasteiger partial charge in [-0.2, -0.15) is 0 Å². The Morgan fingerprint density at radius 2 is 2.00 bits per heavy atom. The van der Waals surface area contributed by atoms with Gasteiger partial charge in [0.1, 0.15) is 5.82 Å². The molecule has 0 spiro atoms. The SMILES string of the molecule is CCC(CC)CN(CC)c1ccc(C(=O)O)cn1. The molecule has 0 unspecified atom stereocenters. The number of hydrogen-bond donors (Lipinski definition) is 1. The van der Waals surface area contributed by atoms with Crippen molar-refractivity contribution < 1.29 is 9.90 Å². The summed E-state index contributed by atoms with van der Waals surface area (Å²) in [4.78, 5) is 17.2. The van der Waals surface area contributed by atoms with E-state index in [1.54, 1.807) is 12.1 Å². The lowest BCUT2D eigenvalue weighted by Crippen LogP contribution is -2.29. The van der Waals surface area contributed by atoms with E-state index in [-0.39, 0.29) is 5.56 Å². The number of carbonyl (C=O) groups is 1. The Kier molecular flexibility index (Phi) is 5.62. The third-order valence-corrected chi connectivity index (χ3v) is 3.33. The van der Waals surface area contributed by atoms with Crippen molar-refractivity contribution in [2.45, 2.75) is 33.6 Å². The first-order valence-electron chi connectivity index (χ1n) is 6.56. The molecular formula is C14H22N2O2. The molecule has 0 aliphatic heterocycles. The second-order valence-electron chi connectivity index (χ2n) is 4.43. The predicted octanol–water partition coefficient (Wildman–Crippen LogP) is 3.04. The van der Waals surface area contributed by atoms with Gasteiger partial charge in [0.05, 0.1) is 5.56 Å². The van der Waals surface area contributed by atoms with Gasteiger partial charge in [0.15, 0.2) is 0 Å². The molecule has 0 aliphatic rings. The van der Waals surface area contributed by atoms with Crippen LogP contribution in [0.3, 0.4) is 0 Å². The Balaban J connectivity index is 2.78. The third kappa shape index (κ3) is 3.72. The predicted molar refractivity (Wildman–Crippen MR) is 73.2 cm³/mol. The molecular weight excluding hydrogens is 228 g/mol. The number of anilines is 1. The summed E-state index contributed by atoms with van der Waals surface area (Å²) < 4.78 is 0. The number of carboxylic acids is 1. The first kappa shape index (κ1) is 14.5. The summed E-state index contributed by atoms with van der Waals surface area (Å²) in [5.74, 6) is 0.581. The molecule has 18 heavy (non-hydrogen) atoms. The van der Waals surface area contributed by atoms with Crippen LogP contribution < -0.4 is 4.90 Å². The van der Waals surface area contributed by atoms with E-state index in [1.165, 1.54) is 6.20 Å². The Morgan fingerprint density at radius 1 is 1.33 bits per heavy atom. The van der Waals surface area contributed by atoms with Gasteiger partial charge >= 0.3 is 5.97 Å². The molecule has 0 saturated carbocycles. The lowest BCUT2D eigenvalue weighted by atomic mass is 10.0. The van der Waals surface area contributed by atoms with Crippen LogP contribution in [0, 0.1) is 5.92 Å². The second kappa shape index (κ2) is 6.99. The standard InChI is InChI=1S/C14H22N2O2/c1-4-11(5-2)10-16(6-3)13-8-7-12(9-15-13)14(17)18/h7-9,11H,4-6,10H2,1-3H3,(H,17,18). The molecule has 1 rings (SSSR count). The van der Waals surface area contributed by atoms with Gasteiger partial charge in [0.25, 0.3) is 0 Å². The van der Waals surface area contributed by atoms with E-state index in [9.17, 15) is 4.79 Å². The number of carboxylic acid groups (broad SMARTS) is 1. The monoisotopic (exact) mass is 250 g/mol. The first-order valence-corrected chi connectivity index (χ1v) is 6.56. The van der Waals surface area contributed by atoms with Crippen molar-refractivity contribution in [2.75, 3.05) is 18.0 Å². The number of rotatable bonds is 7. The molecule has 1 aromatic rings. The van der Waals surface area contributed by atoms with Crippen LogP contribution in [0.2, 0.25) is 0 Å². The third-order valence-electron chi connectivity index (χ3n) is 3.33. The van der Waals surface area contributed by atoms with E-state index >= 15 is 0 Å². The molecule has 4 heteroatoms. The van der Waals surface area contributed by atoms with Crippen LogP contribution in [0.5, 0.6) is 0 Å². The highest BCUT2D eigenvalue weighted by Crippen LogP contribution is 2.16. The van der Waals surface area contributed by atoms with E-state index in [4.69, 9.17) is 5.11 Å². The Bertz CT molecular complexity index is 372. The van der Waals surface area contributed by atoms with Crippen molar-refractivity contribution in [1.82, 2.24) is 4.98 Å². The zero-order chi connectivity index (χ0) is 13.5. The summed E-state index contributed by atoms with van der Waals surface area (Å²) in [7, 11) is 0. The topological polar surface area (TPSA) is 53.4 Å². The lowest BCUT2D eigenvalue weighted by Gasteiger charge is -2.26. The van der Waals surface area contributed by atoms with Crippen molar-refractivity contribution >= 4 is 11.8 Å². The van der Waals surface area contributed by atoms with Gasteiger partial charge in [-0.05, 0) is 25.0 Å². The number of aromatic nitrogens is 1. The van der Waals surface area contributed by atoms with Gasteiger partial charge < -0.3 is 10.0 Å². The smallest absolute Gasteiger partial charge is 0.337 e. The lowest BCUT2D eigenvalue weighted by molar-refractivity contribution is 0.0696. The fraction of sp³-hybridized carbons (Fsp3) is 0.571. The zero-order valence-corrected chi connectivity index (χ0v) is 11.4. The van der Waals surface area contributed by atoms with Gasteiger partial charge in [-0.15, -0.1) is 0 Å². The number of aromatic carboxylic acids is 1. The molecule has 0 fully saturated rings. The van der Waals surface area contributed by atoms with Crippen molar-refractivity contribution in [3.63, 3.8) is 0 Å². The molecule has 100 valence electrons. The van der Waals surface area contributed by atoms with Crippen molar-refractivity contribution in [3.8, 4) is 0 Å². The maximum Gasteiger partial charge on any atom is 0.337 e. The number of hydrogen-bond acceptors (Lipinski definition) is 3. The van der Waals surface area contributed by atoms with Crippen LogP contribution in [0.1, 0.15) is 44.0 Å². The highest BCUT2D eigenvalue weighted by atomic mass is 16.4. The van der Waals surface area contributed by atoms with Crippen molar-refractivity contribution in [1.29, 1.82) is 0 Å². The van der Waals surface area contributed by atoms with E-state index in [2.05, 4.69) is 30.7 Å². The Hall–Kier alpha value is -1.58. The van der Waals surface area contributed by atoms with E-state index in [0.717, 1.165) is 31.7 Å². The molecule has 1 N–H and O–H groups in total. The molecule has 4 nitrogen and oxygen atoms in total. The summed E-state index contributed by atoms with van der Waals surface area (Å²) in [5, 5.41) is 8.84. The van der Waals surface area contributed by atoms with Crippen LogP contribution in [0.25, 0.3) is 0 Å². The summed E-state index contributed by atoms with van der Waals surface area (Å²) in [5.41, 5.74) is 0.234. The first-order chi connectivity index (χ1) is 8.62. The fourth-order valence-corrected chi connectivity index (χ4v) is 1.94. The minimum atomic E-state index is -0.933. The highest BCUT2D eigenvalue weighted by molar-refractivity contribution is 5.87. The van der Waals surface area contributed by atoms with Crippen LogP contribution in [0.15, 0.2) is 18.3 Å².